The summed E-state index contributed by atoms with van der Waals surface area (Å²) < 4.78 is 0. The molecule has 3 heteroatoms. The molecule has 1 aliphatic heterocycles. The molecular weight excluding hydrogens is 248 g/mol. The van der Waals surface area contributed by atoms with Crippen LogP contribution in [0.1, 0.15) is 36.4 Å². The number of likely N-dealkylation sites (tertiary alicyclic amines) is 1. The van der Waals surface area contributed by atoms with Crippen LogP contribution < -0.4 is 0 Å². The molecule has 1 saturated heterocycles. The first-order chi connectivity index (χ1) is 9.65. The SMILES string of the molecule is CN(C)CC1CCN(C2CCc3c(O)cccc32)CC1. The Morgan fingerprint density at radius 3 is 2.65 bits per heavy atom. The number of phenolic OH excluding ortho intramolecular Hbond substituents is 1. The van der Waals surface area contributed by atoms with Gasteiger partial charge >= 0.3 is 0 Å². The fourth-order valence-electron chi connectivity index (χ4n) is 3.96. The van der Waals surface area contributed by atoms with Crippen molar-refractivity contribution in [3.8, 4) is 5.75 Å². The normalized spacial score (nSPS) is 24.2. The summed E-state index contributed by atoms with van der Waals surface area (Å²) in [6, 6.07) is 6.56. The maximum atomic E-state index is 9.96. The van der Waals surface area contributed by atoms with Gasteiger partial charge in [0.15, 0.2) is 0 Å². The Morgan fingerprint density at radius 1 is 1.20 bits per heavy atom. The van der Waals surface area contributed by atoms with E-state index in [1.165, 1.54) is 50.0 Å². The fraction of sp³-hybridized carbons (Fsp3) is 0.647. The molecule has 3 nitrogen and oxygen atoms in total. The molecule has 0 aromatic heterocycles. The molecule has 0 spiro atoms. The topological polar surface area (TPSA) is 26.7 Å². The van der Waals surface area contributed by atoms with E-state index in [1.807, 2.05) is 12.1 Å². The minimum Gasteiger partial charge on any atom is -0.508 e. The van der Waals surface area contributed by atoms with E-state index < -0.39 is 0 Å². The van der Waals surface area contributed by atoms with Crippen LogP contribution in [0.3, 0.4) is 0 Å². The highest BCUT2D eigenvalue weighted by atomic mass is 16.3. The second-order valence-electron chi connectivity index (χ2n) is 6.64. The smallest absolute Gasteiger partial charge is 0.119 e. The first kappa shape index (κ1) is 13.9. The Kier molecular flexibility index (Phi) is 3.99. The van der Waals surface area contributed by atoms with Crippen LogP contribution in [-0.4, -0.2) is 48.6 Å². The molecule has 1 unspecified atom stereocenters. The predicted octanol–water partition coefficient (Wildman–Crippen LogP) is 2.65. The summed E-state index contributed by atoms with van der Waals surface area (Å²) in [4.78, 5) is 4.95. The number of rotatable bonds is 3. The van der Waals surface area contributed by atoms with Gasteiger partial charge in [0, 0.05) is 12.6 Å². The maximum absolute atomic E-state index is 9.96. The number of benzene rings is 1. The Bertz CT molecular complexity index is 464. The number of nitrogens with zero attached hydrogens (tertiary/aromatic N) is 2. The quantitative estimate of drug-likeness (QED) is 0.918. The van der Waals surface area contributed by atoms with Crippen LogP contribution in [0.15, 0.2) is 18.2 Å². The van der Waals surface area contributed by atoms with Crippen LogP contribution in [0.5, 0.6) is 5.75 Å². The van der Waals surface area contributed by atoms with E-state index in [2.05, 4.69) is 30.0 Å². The minimum absolute atomic E-state index is 0.493. The summed E-state index contributed by atoms with van der Waals surface area (Å²) in [5, 5.41) is 9.96. The Morgan fingerprint density at radius 2 is 1.95 bits per heavy atom. The van der Waals surface area contributed by atoms with Crippen molar-refractivity contribution in [1.82, 2.24) is 9.80 Å². The molecule has 1 aromatic rings. The van der Waals surface area contributed by atoms with Crippen LogP contribution in [0.4, 0.5) is 0 Å². The molecule has 0 radical (unpaired) electrons. The lowest BCUT2D eigenvalue weighted by molar-refractivity contribution is 0.119. The molecule has 2 aliphatic rings. The van der Waals surface area contributed by atoms with Crippen molar-refractivity contribution >= 4 is 0 Å². The van der Waals surface area contributed by atoms with E-state index in [1.54, 1.807) is 0 Å². The van der Waals surface area contributed by atoms with Crippen molar-refractivity contribution in [3.63, 3.8) is 0 Å². The minimum atomic E-state index is 0.493. The average molecular weight is 274 g/mol. The number of fused-ring (bicyclic) bond motifs is 1. The fourth-order valence-corrected chi connectivity index (χ4v) is 3.96. The third-order valence-electron chi connectivity index (χ3n) is 4.93. The van der Waals surface area contributed by atoms with Crippen molar-refractivity contribution < 1.29 is 5.11 Å². The lowest BCUT2D eigenvalue weighted by atomic mass is 9.94. The Labute approximate surface area is 122 Å². The number of piperidine rings is 1. The summed E-state index contributed by atoms with van der Waals surface area (Å²) in [5.74, 6) is 1.35. The molecule has 110 valence electrons. The zero-order valence-corrected chi connectivity index (χ0v) is 12.7. The molecule has 1 aromatic carbocycles. The van der Waals surface area contributed by atoms with Gasteiger partial charge in [-0.2, -0.15) is 0 Å². The molecular formula is C17H26N2O. The molecule has 3 rings (SSSR count). The van der Waals surface area contributed by atoms with Gasteiger partial charge in [-0.05, 0) is 76.0 Å². The van der Waals surface area contributed by atoms with Gasteiger partial charge in [0.25, 0.3) is 0 Å². The summed E-state index contributed by atoms with van der Waals surface area (Å²) >= 11 is 0. The van der Waals surface area contributed by atoms with Crippen molar-refractivity contribution in [2.75, 3.05) is 33.7 Å². The molecule has 0 amide bonds. The number of phenols is 1. The third-order valence-corrected chi connectivity index (χ3v) is 4.93. The molecule has 1 N–H and O–H groups in total. The average Bonchev–Trinajstić information content (AvgIpc) is 2.84. The van der Waals surface area contributed by atoms with Gasteiger partial charge in [-0.25, -0.2) is 0 Å². The number of hydrogen-bond acceptors (Lipinski definition) is 3. The number of aromatic hydroxyl groups is 1. The third kappa shape index (κ3) is 2.70. The summed E-state index contributed by atoms with van der Waals surface area (Å²) in [5.41, 5.74) is 2.56. The summed E-state index contributed by atoms with van der Waals surface area (Å²) in [6.07, 6.45) is 4.82. The molecule has 0 saturated carbocycles. The second-order valence-corrected chi connectivity index (χ2v) is 6.64. The van der Waals surface area contributed by atoms with E-state index in [-0.39, 0.29) is 0 Å². The van der Waals surface area contributed by atoms with Crippen molar-refractivity contribution in [2.45, 2.75) is 31.7 Å². The van der Waals surface area contributed by atoms with Crippen molar-refractivity contribution in [3.05, 3.63) is 29.3 Å². The van der Waals surface area contributed by atoms with E-state index >= 15 is 0 Å². The summed E-state index contributed by atoms with van der Waals surface area (Å²) in [7, 11) is 4.34. The zero-order valence-electron chi connectivity index (χ0n) is 12.7. The van der Waals surface area contributed by atoms with Gasteiger partial charge in [0.1, 0.15) is 5.75 Å². The zero-order chi connectivity index (χ0) is 14.1. The van der Waals surface area contributed by atoms with Crippen LogP contribution in [0.2, 0.25) is 0 Å². The van der Waals surface area contributed by atoms with Gasteiger partial charge in [-0.15, -0.1) is 0 Å². The highest BCUT2D eigenvalue weighted by Gasteiger charge is 2.31. The second kappa shape index (κ2) is 5.74. The number of hydrogen-bond donors (Lipinski definition) is 1. The van der Waals surface area contributed by atoms with E-state index in [0.717, 1.165) is 12.3 Å². The molecule has 1 heterocycles. The summed E-state index contributed by atoms with van der Waals surface area (Å²) in [6.45, 7) is 3.63. The lowest BCUT2D eigenvalue weighted by Crippen LogP contribution is -2.38. The monoisotopic (exact) mass is 274 g/mol. The van der Waals surface area contributed by atoms with Crippen LogP contribution in [0.25, 0.3) is 0 Å². The highest BCUT2D eigenvalue weighted by Crippen LogP contribution is 2.41. The molecule has 1 atom stereocenters. The van der Waals surface area contributed by atoms with Crippen LogP contribution >= 0.6 is 0 Å². The van der Waals surface area contributed by atoms with Gasteiger partial charge in [0.2, 0.25) is 0 Å². The molecule has 1 aliphatic carbocycles. The highest BCUT2D eigenvalue weighted by molar-refractivity contribution is 5.44. The standard InChI is InChI=1S/C17H26N2O/c1-18(2)12-13-8-10-19(11-9-13)16-7-6-15-14(16)4-3-5-17(15)20/h3-5,13,16,20H,6-12H2,1-2H3. The van der Waals surface area contributed by atoms with Gasteiger partial charge in [-0.3, -0.25) is 4.90 Å². The maximum Gasteiger partial charge on any atom is 0.119 e. The van der Waals surface area contributed by atoms with Crippen LogP contribution in [-0.2, 0) is 6.42 Å². The molecule has 0 bridgehead atoms. The van der Waals surface area contributed by atoms with E-state index in [9.17, 15) is 5.11 Å². The molecule has 1 fully saturated rings. The van der Waals surface area contributed by atoms with Crippen molar-refractivity contribution in [1.29, 1.82) is 0 Å². The Hall–Kier alpha value is -1.06. The molecule has 20 heavy (non-hydrogen) atoms. The predicted molar refractivity (Wildman–Crippen MR) is 82.0 cm³/mol. The van der Waals surface area contributed by atoms with Gasteiger partial charge in [0.05, 0.1) is 0 Å². The van der Waals surface area contributed by atoms with Gasteiger partial charge in [-0.1, -0.05) is 12.1 Å². The van der Waals surface area contributed by atoms with Crippen molar-refractivity contribution in [2.24, 2.45) is 5.92 Å². The first-order valence-corrected chi connectivity index (χ1v) is 7.84. The van der Waals surface area contributed by atoms with Gasteiger partial charge < -0.3 is 10.0 Å². The largest absolute Gasteiger partial charge is 0.508 e. The lowest BCUT2D eigenvalue weighted by Gasteiger charge is -2.37. The Balaban J connectivity index is 1.65. The first-order valence-electron chi connectivity index (χ1n) is 7.84. The van der Waals surface area contributed by atoms with E-state index in [4.69, 9.17) is 0 Å². The van der Waals surface area contributed by atoms with E-state index in [0.29, 0.717) is 11.8 Å². The van der Waals surface area contributed by atoms with Crippen LogP contribution in [0, 0.1) is 5.92 Å².